The molecule has 2 aromatic rings. The van der Waals surface area contributed by atoms with Crippen LogP contribution in [0, 0.1) is 0 Å². The number of likely N-dealkylation sites (N-methyl/N-ethyl adjacent to an activating group) is 2. The van der Waals surface area contributed by atoms with Crippen LogP contribution in [0.5, 0.6) is 0 Å². The van der Waals surface area contributed by atoms with Gasteiger partial charge in [0.1, 0.15) is 12.2 Å². The highest BCUT2D eigenvalue weighted by Gasteiger charge is 2.39. The summed E-state index contributed by atoms with van der Waals surface area (Å²) >= 11 is 11.6. The normalized spacial score (nSPS) is 17.9. The first kappa shape index (κ1) is 32.7. The third-order valence-corrected chi connectivity index (χ3v) is 5.82. The molecule has 4 atom stereocenters. The minimum Gasteiger partial charge on any atom is -0.395 e. The highest BCUT2D eigenvalue weighted by atomic mass is 35.5. The van der Waals surface area contributed by atoms with Gasteiger partial charge in [-0.3, -0.25) is 4.90 Å². The molecule has 0 spiro atoms. The van der Waals surface area contributed by atoms with Gasteiger partial charge in [0.05, 0.1) is 38.6 Å². The molecular weight excluding hydrogens is 507 g/mol. The monoisotopic (exact) mass is 546 g/mol. The lowest BCUT2D eigenvalue weighted by atomic mass is 10.0. The largest absolute Gasteiger partial charge is 0.395 e. The van der Waals surface area contributed by atoms with Crippen molar-refractivity contribution in [1.82, 2.24) is 10.2 Å². The van der Waals surface area contributed by atoms with E-state index in [1.54, 1.807) is 33.4 Å². The summed E-state index contributed by atoms with van der Waals surface area (Å²) in [5.74, 6) is 0. The van der Waals surface area contributed by atoms with Crippen molar-refractivity contribution in [2.24, 2.45) is 0 Å². The van der Waals surface area contributed by atoms with Crippen LogP contribution in [0.15, 0.2) is 48.5 Å². The predicted molar refractivity (Wildman–Crippen MR) is 144 cm³/mol. The molecule has 0 amide bonds. The average molecular weight is 548 g/mol. The summed E-state index contributed by atoms with van der Waals surface area (Å²) < 4.78 is 15.4. The maximum Gasteiger partial charge on any atom is 0.112 e. The number of epoxide rings is 1. The van der Waals surface area contributed by atoms with Crippen LogP contribution in [-0.2, 0) is 14.2 Å². The first-order chi connectivity index (χ1) is 17.3. The Kier molecular flexibility index (Phi) is 17.2. The minimum absolute atomic E-state index is 0.0420. The molecule has 10 heteroatoms. The molecule has 8 nitrogen and oxygen atoms in total. The van der Waals surface area contributed by atoms with Crippen LogP contribution in [0.3, 0.4) is 0 Å². The fraction of sp³-hybridized carbons (Fsp3) is 0.538. The van der Waals surface area contributed by atoms with Crippen LogP contribution in [-0.4, -0.2) is 100 Å². The number of nitrogens with one attached hydrogen (secondary N) is 1. The first-order valence-electron chi connectivity index (χ1n) is 11.7. The fourth-order valence-corrected chi connectivity index (χ4v) is 3.73. The molecule has 0 radical (unpaired) electrons. The van der Waals surface area contributed by atoms with Crippen LogP contribution >= 0.6 is 23.2 Å². The number of nitrogens with zero attached hydrogens (tertiary/aromatic N) is 1. The second-order valence-corrected chi connectivity index (χ2v) is 9.03. The molecule has 1 heterocycles. The van der Waals surface area contributed by atoms with Gasteiger partial charge >= 0.3 is 0 Å². The summed E-state index contributed by atoms with van der Waals surface area (Å²) in [6, 6.07) is 14.8. The molecular formula is C26H40Cl2N2O6. The number of hydrogen-bond acceptors (Lipinski definition) is 8. The molecule has 0 aliphatic carbocycles. The first-order valence-corrected chi connectivity index (χ1v) is 12.5. The van der Waals surface area contributed by atoms with E-state index in [1.807, 2.05) is 48.3 Å². The van der Waals surface area contributed by atoms with Crippen LogP contribution in [0.4, 0.5) is 0 Å². The van der Waals surface area contributed by atoms with Gasteiger partial charge in [-0.05, 0) is 49.5 Å². The van der Waals surface area contributed by atoms with E-state index in [2.05, 4.69) is 5.32 Å². The maximum atomic E-state index is 10.1. The molecule has 4 unspecified atom stereocenters. The number of methoxy groups -OCH3 is 2. The Bertz CT molecular complexity index is 799. The SMILES string of the molecule is CNCCO.COCC(O)C(c1ccc(Cl)cc1)N(C)CCO.COCC1OC1c1ccc(Cl)cc1. The molecule has 1 saturated heterocycles. The van der Waals surface area contributed by atoms with Gasteiger partial charge in [0.15, 0.2) is 0 Å². The molecule has 0 bridgehead atoms. The van der Waals surface area contributed by atoms with Gasteiger partial charge in [-0.25, -0.2) is 0 Å². The standard InChI is InChI=1S/C13H20ClNO3.C10H11ClO2.C3H9NO/c1-15(7-8-16)13(12(17)9-18-2)10-3-5-11(14)6-4-10;1-12-6-9-10(13-9)7-2-4-8(11)5-3-7;1-4-2-3-5/h3-6,12-13,16-17H,7-9H2,1-2H3;2-5,9-10H,6H2,1H3;4-5H,2-3H2,1H3. The van der Waals surface area contributed by atoms with Crippen molar-refractivity contribution in [3.8, 4) is 0 Å². The van der Waals surface area contributed by atoms with Gasteiger partial charge in [0.25, 0.3) is 0 Å². The van der Waals surface area contributed by atoms with E-state index in [0.717, 1.165) is 10.6 Å². The second kappa shape index (κ2) is 18.9. The van der Waals surface area contributed by atoms with Crippen LogP contribution < -0.4 is 5.32 Å². The summed E-state index contributed by atoms with van der Waals surface area (Å²) in [6.45, 7) is 2.35. The van der Waals surface area contributed by atoms with Crippen LogP contribution in [0.1, 0.15) is 23.3 Å². The molecule has 0 saturated carbocycles. The van der Waals surface area contributed by atoms with Gasteiger partial charge < -0.3 is 34.8 Å². The predicted octanol–water partition coefficient (Wildman–Crippen LogP) is 2.94. The van der Waals surface area contributed by atoms with E-state index < -0.39 is 6.10 Å². The Balaban J connectivity index is 0.000000313. The number of benzene rings is 2. The zero-order chi connectivity index (χ0) is 26.9. The highest BCUT2D eigenvalue weighted by molar-refractivity contribution is 6.30. The van der Waals surface area contributed by atoms with Crippen molar-refractivity contribution < 1.29 is 29.5 Å². The van der Waals surface area contributed by atoms with Crippen molar-refractivity contribution >= 4 is 23.2 Å². The van der Waals surface area contributed by atoms with E-state index in [-0.39, 0.29) is 38.1 Å². The van der Waals surface area contributed by atoms with Gasteiger partial charge in [0.2, 0.25) is 0 Å². The third kappa shape index (κ3) is 12.3. The minimum atomic E-state index is -0.660. The molecule has 4 N–H and O–H groups in total. The molecule has 2 aromatic carbocycles. The smallest absolute Gasteiger partial charge is 0.112 e. The number of hydrogen-bond donors (Lipinski definition) is 4. The van der Waals surface area contributed by atoms with Crippen molar-refractivity contribution in [3.63, 3.8) is 0 Å². The zero-order valence-corrected chi connectivity index (χ0v) is 23.0. The molecule has 204 valence electrons. The van der Waals surface area contributed by atoms with Gasteiger partial charge in [0, 0.05) is 37.4 Å². The Labute approximate surface area is 224 Å². The molecule has 3 rings (SSSR count). The molecule has 1 aliphatic rings. The molecule has 1 aliphatic heterocycles. The highest BCUT2D eigenvalue weighted by Crippen LogP contribution is 2.38. The van der Waals surface area contributed by atoms with Crippen molar-refractivity contribution in [2.75, 3.05) is 67.8 Å². The third-order valence-electron chi connectivity index (χ3n) is 5.31. The Hall–Kier alpha value is -1.30. The van der Waals surface area contributed by atoms with E-state index in [0.29, 0.717) is 24.7 Å². The summed E-state index contributed by atoms with van der Waals surface area (Å²) in [7, 11) is 6.89. The van der Waals surface area contributed by atoms with E-state index in [9.17, 15) is 5.11 Å². The fourth-order valence-electron chi connectivity index (χ4n) is 3.48. The summed E-state index contributed by atoms with van der Waals surface area (Å²) in [5, 5.41) is 31.3. The van der Waals surface area contributed by atoms with E-state index >= 15 is 0 Å². The molecule has 1 fully saturated rings. The summed E-state index contributed by atoms with van der Waals surface area (Å²) in [5.41, 5.74) is 2.12. The van der Waals surface area contributed by atoms with Crippen molar-refractivity contribution in [3.05, 3.63) is 69.7 Å². The Morgan fingerprint density at radius 2 is 1.56 bits per heavy atom. The summed E-state index contributed by atoms with van der Waals surface area (Å²) in [4.78, 5) is 1.90. The van der Waals surface area contributed by atoms with Gasteiger partial charge in [-0.1, -0.05) is 47.5 Å². The number of halogens is 2. The van der Waals surface area contributed by atoms with Gasteiger partial charge in [-0.15, -0.1) is 0 Å². The lowest BCUT2D eigenvalue weighted by molar-refractivity contribution is -0.000590. The lowest BCUT2D eigenvalue weighted by Crippen LogP contribution is -2.37. The van der Waals surface area contributed by atoms with E-state index in [4.69, 9.17) is 47.6 Å². The average Bonchev–Trinajstić information content (AvgIpc) is 3.62. The quantitative estimate of drug-likeness (QED) is 0.301. The van der Waals surface area contributed by atoms with Crippen LogP contribution in [0.25, 0.3) is 0 Å². The molecule has 0 aromatic heterocycles. The number of ether oxygens (including phenoxy) is 3. The van der Waals surface area contributed by atoms with Crippen molar-refractivity contribution in [2.45, 2.75) is 24.4 Å². The van der Waals surface area contributed by atoms with E-state index in [1.165, 1.54) is 5.56 Å². The number of rotatable bonds is 12. The Morgan fingerprint density at radius 1 is 0.972 bits per heavy atom. The second-order valence-electron chi connectivity index (χ2n) is 8.15. The maximum absolute atomic E-state index is 10.1. The number of aliphatic hydroxyl groups is 3. The van der Waals surface area contributed by atoms with Crippen molar-refractivity contribution in [1.29, 1.82) is 0 Å². The van der Waals surface area contributed by atoms with Crippen LogP contribution in [0.2, 0.25) is 10.0 Å². The number of aliphatic hydroxyl groups excluding tert-OH is 3. The molecule has 36 heavy (non-hydrogen) atoms. The topological polar surface area (TPSA) is 107 Å². The summed E-state index contributed by atoms with van der Waals surface area (Å²) in [6.07, 6.45) is -0.226. The zero-order valence-electron chi connectivity index (χ0n) is 21.4. The van der Waals surface area contributed by atoms with Gasteiger partial charge in [-0.2, -0.15) is 0 Å². The lowest BCUT2D eigenvalue weighted by Gasteiger charge is -2.31. The Morgan fingerprint density at radius 3 is 2.00 bits per heavy atom.